The van der Waals surface area contributed by atoms with E-state index < -0.39 is 0 Å². The van der Waals surface area contributed by atoms with Gasteiger partial charge in [-0.2, -0.15) is 5.10 Å². The van der Waals surface area contributed by atoms with Gasteiger partial charge in [0.2, 0.25) is 0 Å². The third-order valence-corrected chi connectivity index (χ3v) is 4.16. The smallest absolute Gasteiger partial charge is 0.152 e. The number of aryl methyl sites for hydroxylation is 1. The number of anilines is 1. The molecular formula is C14H20N6. The lowest BCUT2D eigenvalue weighted by molar-refractivity contribution is 0.637. The molecular weight excluding hydrogens is 252 g/mol. The first kappa shape index (κ1) is 11.9. The molecule has 0 aliphatic heterocycles. The minimum absolute atomic E-state index is 0.651. The molecule has 0 N–H and O–H groups in total. The fourth-order valence-corrected chi connectivity index (χ4v) is 2.70. The van der Waals surface area contributed by atoms with E-state index in [4.69, 9.17) is 0 Å². The summed E-state index contributed by atoms with van der Waals surface area (Å²) in [5.41, 5.74) is 1.12. The third-order valence-electron chi connectivity index (χ3n) is 4.16. The Morgan fingerprint density at radius 1 is 1.25 bits per heavy atom. The second-order valence-corrected chi connectivity index (χ2v) is 6.08. The summed E-state index contributed by atoms with van der Waals surface area (Å²) in [6, 6.07) is 0.651. The van der Waals surface area contributed by atoms with Crippen molar-refractivity contribution >= 4 is 5.69 Å². The van der Waals surface area contributed by atoms with Crippen LogP contribution in [0.5, 0.6) is 0 Å². The number of nitrogens with zero attached hydrogens (tertiary/aromatic N) is 6. The molecule has 0 radical (unpaired) electrons. The van der Waals surface area contributed by atoms with E-state index in [1.807, 2.05) is 24.1 Å². The molecule has 2 aromatic rings. The molecule has 0 unspecified atom stereocenters. The molecule has 2 saturated carbocycles. The topological polar surface area (TPSA) is 51.8 Å². The molecule has 0 atom stereocenters. The highest BCUT2D eigenvalue weighted by molar-refractivity contribution is 5.41. The largest absolute Gasteiger partial charge is 0.365 e. The van der Waals surface area contributed by atoms with Crippen LogP contribution in [0.15, 0.2) is 12.4 Å². The van der Waals surface area contributed by atoms with E-state index in [0.29, 0.717) is 12.0 Å². The van der Waals surface area contributed by atoms with Gasteiger partial charge in [-0.1, -0.05) is 0 Å². The minimum Gasteiger partial charge on any atom is -0.365 e. The maximum atomic E-state index is 4.46. The number of hydrogen-bond acceptors (Lipinski definition) is 4. The average Bonchev–Trinajstić information content (AvgIpc) is 3.35. The van der Waals surface area contributed by atoms with Gasteiger partial charge < -0.3 is 9.47 Å². The Kier molecular flexibility index (Phi) is 2.58. The Morgan fingerprint density at radius 3 is 2.65 bits per heavy atom. The Labute approximate surface area is 118 Å². The Balaban J connectivity index is 1.59. The van der Waals surface area contributed by atoms with Gasteiger partial charge in [-0.05, 0) is 25.7 Å². The molecule has 0 bridgehead atoms. The predicted octanol–water partition coefficient (Wildman–Crippen LogP) is 1.86. The predicted molar refractivity (Wildman–Crippen MR) is 75.6 cm³/mol. The molecule has 6 nitrogen and oxygen atoms in total. The van der Waals surface area contributed by atoms with Crippen LogP contribution >= 0.6 is 0 Å². The van der Waals surface area contributed by atoms with E-state index in [-0.39, 0.29) is 0 Å². The van der Waals surface area contributed by atoms with Crippen molar-refractivity contribution in [3.05, 3.63) is 24.0 Å². The molecule has 6 heteroatoms. The van der Waals surface area contributed by atoms with Crippen molar-refractivity contribution in [2.24, 2.45) is 7.05 Å². The van der Waals surface area contributed by atoms with Gasteiger partial charge in [-0.15, -0.1) is 10.2 Å². The fraction of sp³-hybridized carbons (Fsp3) is 0.643. The van der Waals surface area contributed by atoms with Gasteiger partial charge in [-0.25, -0.2) is 0 Å². The van der Waals surface area contributed by atoms with Crippen LogP contribution in [0.1, 0.15) is 49.3 Å². The van der Waals surface area contributed by atoms with Crippen LogP contribution in [0.2, 0.25) is 0 Å². The zero-order valence-electron chi connectivity index (χ0n) is 12.0. The Morgan fingerprint density at radius 2 is 2.05 bits per heavy atom. The van der Waals surface area contributed by atoms with Crippen LogP contribution < -0.4 is 4.90 Å². The highest BCUT2D eigenvalue weighted by atomic mass is 15.3. The normalized spacial score (nSPS) is 18.5. The molecule has 2 aliphatic carbocycles. The van der Waals surface area contributed by atoms with E-state index in [1.54, 1.807) is 0 Å². The highest BCUT2D eigenvalue weighted by Crippen LogP contribution is 2.44. The standard InChI is InChI=1S/C14H20N6/c1-18(12-7-15-19(2)8-12)9-13-16-17-14(10-3-4-10)20(13)11-5-6-11/h7-8,10-11H,3-6,9H2,1-2H3. The van der Waals surface area contributed by atoms with Crippen LogP contribution in [-0.2, 0) is 13.6 Å². The number of rotatable bonds is 5. The van der Waals surface area contributed by atoms with Crippen molar-refractivity contribution in [3.8, 4) is 0 Å². The maximum absolute atomic E-state index is 4.46. The van der Waals surface area contributed by atoms with Gasteiger partial charge in [0.15, 0.2) is 5.82 Å². The van der Waals surface area contributed by atoms with Gasteiger partial charge in [0.05, 0.1) is 18.4 Å². The molecule has 0 amide bonds. The molecule has 0 spiro atoms. The summed E-state index contributed by atoms with van der Waals surface area (Å²) in [4.78, 5) is 2.19. The number of hydrogen-bond donors (Lipinski definition) is 0. The molecule has 2 heterocycles. The van der Waals surface area contributed by atoms with Gasteiger partial charge in [0, 0.05) is 32.3 Å². The summed E-state index contributed by atoms with van der Waals surface area (Å²) < 4.78 is 4.23. The van der Waals surface area contributed by atoms with Crippen molar-refractivity contribution in [3.63, 3.8) is 0 Å². The minimum atomic E-state index is 0.651. The van der Waals surface area contributed by atoms with E-state index >= 15 is 0 Å². The van der Waals surface area contributed by atoms with Crippen LogP contribution in [0, 0.1) is 0 Å². The maximum Gasteiger partial charge on any atom is 0.152 e. The van der Waals surface area contributed by atoms with Crippen LogP contribution in [0.25, 0.3) is 0 Å². The average molecular weight is 272 g/mol. The lowest BCUT2D eigenvalue weighted by atomic mass is 10.3. The second-order valence-electron chi connectivity index (χ2n) is 6.08. The van der Waals surface area contributed by atoms with E-state index in [9.17, 15) is 0 Å². The van der Waals surface area contributed by atoms with Gasteiger partial charge in [-0.3, -0.25) is 4.68 Å². The van der Waals surface area contributed by atoms with E-state index in [0.717, 1.165) is 18.1 Å². The first-order valence-corrected chi connectivity index (χ1v) is 7.36. The van der Waals surface area contributed by atoms with Crippen molar-refractivity contribution in [1.82, 2.24) is 24.5 Å². The third kappa shape index (κ3) is 2.09. The summed E-state index contributed by atoms with van der Waals surface area (Å²) in [6.45, 7) is 0.794. The summed E-state index contributed by atoms with van der Waals surface area (Å²) in [6.07, 6.45) is 9.04. The summed E-state index contributed by atoms with van der Waals surface area (Å²) in [5.74, 6) is 2.99. The molecule has 2 aromatic heterocycles. The van der Waals surface area contributed by atoms with Crippen molar-refractivity contribution in [2.75, 3.05) is 11.9 Å². The summed E-state index contributed by atoms with van der Waals surface area (Å²) in [7, 11) is 4.02. The number of aromatic nitrogens is 5. The Bertz CT molecular complexity index is 619. The van der Waals surface area contributed by atoms with Crippen molar-refractivity contribution in [2.45, 2.75) is 44.2 Å². The first-order chi connectivity index (χ1) is 9.72. The van der Waals surface area contributed by atoms with Crippen molar-refractivity contribution < 1.29 is 0 Å². The summed E-state index contributed by atoms with van der Waals surface area (Å²) in [5, 5.41) is 13.1. The molecule has 0 saturated heterocycles. The monoisotopic (exact) mass is 272 g/mol. The van der Waals surface area contributed by atoms with E-state index in [1.165, 1.54) is 31.5 Å². The quantitative estimate of drug-likeness (QED) is 0.833. The SMILES string of the molecule is CN(Cc1nnc(C2CC2)n1C1CC1)c1cnn(C)c1. The van der Waals surface area contributed by atoms with Crippen molar-refractivity contribution in [1.29, 1.82) is 0 Å². The molecule has 2 aliphatic rings. The van der Waals surface area contributed by atoms with Gasteiger partial charge >= 0.3 is 0 Å². The zero-order valence-corrected chi connectivity index (χ0v) is 12.0. The van der Waals surface area contributed by atoms with Crippen LogP contribution in [0.4, 0.5) is 5.69 Å². The summed E-state index contributed by atoms with van der Waals surface area (Å²) >= 11 is 0. The first-order valence-electron chi connectivity index (χ1n) is 7.36. The Hall–Kier alpha value is -1.85. The lowest BCUT2D eigenvalue weighted by Crippen LogP contribution is -2.19. The van der Waals surface area contributed by atoms with Crippen LogP contribution in [0.3, 0.4) is 0 Å². The molecule has 4 rings (SSSR count). The second kappa shape index (κ2) is 4.33. The van der Waals surface area contributed by atoms with E-state index in [2.05, 4.69) is 31.8 Å². The van der Waals surface area contributed by atoms with Gasteiger partial charge in [0.25, 0.3) is 0 Å². The highest BCUT2D eigenvalue weighted by Gasteiger charge is 2.36. The molecule has 0 aromatic carbocycles. The molecule has 20 heavy (non-hydrogen) atoms. The zero-order chi connectivity index (χ0) is 13.7. The lowest BCUT2D eigenvalue weighted by Gasteiger charge is -2.17. The van der Waals surface area contributed by atoms with Gasteiger partial charge in [0.1, 0.15) is 5.82 Å². The fourth-order valence-electron chi connectivity index (χ4n) is 2.70. The molecule has 106 valence electrons. The molecule has 2 fully saturated rings. The van der Waals surface area contributed by atoms with Crippen LogP contribution in [-0.4, -0.2) is 31.6 Å².